The van der Waals surface area contributed by atoms with Gasteiger partial charge in [-0.1, -0.05) is 69.5 Å². The van der Waals surface area contributed by atoms with E-state index in [9.17, 15) is 5.11 Å². The number of nitrogens with zero attached hydrogens (tertiary/aromatic N) is 3. The van der Waals surface area contributed by atoms with Crippen molar-refractivity contribution in [3.63, 3.8) is 0 Å². The van der Waals surface area contributed by atoms with Crippen LogP contribution >= 0.6 is 0 Å². The van der Waals surface area contributed by atoms with Crippen LogP contribution in [0.5, 0.6) is 17.5 Å². The molecule has 1 atom stereocenters. The topological polar surface area (TPSA) is 77.4 Å². The molecule has 0 saturated heterocycles. The van der Waals surface area contributed by atoms with E-state index < -0.39 is 0 Å². The van der Waals surface area contributed by atoms with Crippen LogP contribution in [0, 0.1) is 5.92 Å². The lowest BCUT2D eigenvalue weighted by molar-refractivity contribution is 0.192. The minimum atomic E-state index is 0.0723. The Balaban J connectivity index is 1.33. The fourth-order valence-electron chi connectivity index (χ4n) is 5.80. The first-order valence-electron chi connectivity index (χ1n) is 15.4. The Morgan fingerprint density at radius 3 is 2.29 bits per heavy atom. The highest BCUT2D eigenvalue weighted by Crippen LogP contribution is 2.34. The molecule has 42 heavy (non-hydrogen) atoms. The van der Waals surface area contributed by atoms with Gasteiger partial charge in [-0.15, -0.1) is 0 Å². The summed E-state index contributed by atoms with van der Waals surface area (Å²) in [5.74, 6) is 2.12. The standard InChI is InChI=1S/C36H39N3O3/c1-3-5-10-24(4-2)23-41-31-17-18-32(33(40)22-31)35-37-34(38-36(39-35)42-30-13-8-9-14-30)28-16-15-27-19-25-11-6-7-12-26(25)20-29(27)21-28/h6-7,11-12,15-22,24,30,40H,3-5,8-10,13-14,23H2,1-2H3. The quantitative estimate of drug-likeness (QED) is 0.162. The van der Waals surface area contributed by atoms with E-state index in [0.717, 1.165) is 54.9 Å². The highest BCUT2D eigenvalue weighted by atomic mass is 16.5. The van der Waals surface area contributed by atoms with Crippen LogP contribution in [0.15, 0.2) is 72.8 Å². The average molecular weight is 562 g/mol. The van der Waals surface area contributed by atoms with E-state index in [2.05, 4.69) is 67.4 Å². The van der Waals surface area contributed by atoms with Gasteiger partial charge in [-0.25, -0.2) is 4.98 Å². The van der Waals surface area contributed by atoms with Crippen molar-refractivity contribution in [2.45, 2.75) is 71.3 Å². The van der Waals surface area contributed by atoms with E-state index in [1.54, 1.807) is 6.07 Å². The monoisotopic (exact) mass is 561 g/mol. The Labute approximate surface area is 247 Å². The first kappa shape index (κ1) is 28.0. The minimum absolute atomic E-state index is 0.0723. The van der Waals surface area contributed by atoms with Crippen molar-refractivity contribution in [3.05, 3.63) is 72.8 Å². The lowest BCUT2D eigenvalue weighted by Gasteiger charge is -2.16. The lowest BCUT2D eigenvalue weighted by Crippen LogP contribution is -2.14. The first-order chi connectivity index (χ1) is 20.6. The molecule has 216 valence electrons. The van der Waals surface area contributed by atoms with Gasteiger partial charge in [0.1, 0.15) is 17.6 Å². The summed E-state index contributed by atoms with van der Waals surface area (Å²) in [4.78, 5) is 14.2. The number of rotatable bonds is 11. The molecule has 0 amide bonds. The van der Waals surface area contributed by atoms with Crippen LogP contribution in [-0.4, -0.2) is 32.8 Å². The second-order valence-electron chi connectivity index (χ2n) is 11.5. The summed E-state index contributed by atoms with van der Waals surface area (Å²) >= 11 is 0. The summed E-state index contributed by atoms with van der Waals surface area (Å²) in [6.45, 7) is 5.05. The molecular formula is C36H39N3O3. The molecule has 1 aliphatic rings. The van der Waals surface area contributed by atoms with Gasteiger partial charge in [-0.2, -0.15) is 9.97 Å². The van der Waals surface area contributed by atoms with Gasteiger partial charge < -0.3 is 14.6 Å². The van der Waals surface area contributed by atoms with Gasteiger partial charge in [-0.05, 0) is 89.9 Å². The third-order valence-electron chi connectivity index (χ3n) is 8.39. The SMILES string of the molecule is CCCCC(CC)COc1ccc(-c2nc(OC3CCCC3)nc(-c3ccc4cc5ccccc5cc4c3)n2)c(O)c1. The number of phenolic OH excluding ortho intramolecular Hbond substituents is 1. The molecular weight excluding hydrogens is 522 g/mol. The van der Waals surface area contributed by atoms with E-state index in [0.29, 0.717) is 41.5 Å². The van der Waals surface area contributed by atoms with E-state index in [4.69, 9.17) is 19.4 Å². The molecule has 0 aliphatic heterocycles. The molecule has 0 radical (unpaired) electrons. The number of benzene rings is 4. The van der Waals surface area contributed by atoms with Gasteiger partial charge in [0.15, 0.2) is 11.6 Å². The van der Waals surface area contributed by atoms with Crippen LogP contribution in [0.25, 0.3) is 44.3 Å². The van der Waals surface area contributed by atoms with E-state index in [1.807, 2.05) is 18.2 Å². The van der Waals surface area contributed by atoms with Gasteiger partial charge in [0.2, 0.25) is 0 Å². The third-order valence-corrected chi connectivity index (χ3v) is 8.39. The highest BCUT2D eigenvalue weighted by molar-refractivity contribution is 5.99. The fraction of sp³-hybridized carbons (Fsp3) is 0.361. The van der Waals surface area contributed by atoms with Gasteiger partial charge >= 0.3 is 6.01 Å². The van der Waals surface area contributed by atoms with Crippen LogP contribution in [0.1, 0.15) is 65.2 Å². The van der Waals surface area contributed by atoms with Crippen LogP contribution in [0.3, 0.4) is 0 Å². The lowest BCUT2D eigenvalue weighted by atomic mass is 10.0. The predicted molar refractivity (Wildman–Crippen MR) is 169 cm³/mol. The maximum Gasteiger partial charge on any atom is 0.320 e. The van der Waals surface area contributed by atoms with Crippen molar-refractivity contribution in [2.75, 3.05) is 6.61 Å². The van der Waals surface area contributed by atoms with Crippen LogP contribution < -0.4 is 9.47 Å². The molecule has 0 bridgehead atoms. The number of unbranched alkanes of at least 4 members (excludes halogenated alkanes) is 1. The first-order valence-corrected chi connectivity index (χ1v) is 15.4. The normalized spacial score (nSPS) is 14.4. The number of hydrogen-bond donors (Lipinski definition) is 1. The Bertz CT molecular complexity index is 1680. The van der Waals surface area contributed by atoms with Gasteiger partial charge in [0.25, 0.3) is 0 Å². The molecule has 6 rings (SSSR count). The number of ether oxygens (including phenoxy) is 2. The Hall–Kier alpha value is -4.19. The molecule has 6 nitrogen and oxygen atoms in total. The second-order valence-corrected chi connectivity index (χ2v) is 11.5. The summed E-state index contributed by atoms with van der Waals surface area (Å²) < 4.78 is 12.3. The van der Waals surface area contributed by atoms with E-state index in [-0.39, 0.29) is 11.9 Å². The van der Waals surface area contributed by atoms with Crippen molar-refractivity contribution in [1.29, 1.82) is 0 Å². The predicted octanol–water partition coefficient (Wildman–Crippen LogP) is 9.13. The molecule has 1 heterocycles. The average Bonchev–Trinajstić information content (AvgIpc) is 3.52. The van der Waals surface area contributed by atoms with Gasteiger partial charge in [0, 0.05) is 11.6 Å². The largest absolute Gasteiger partial charge is 0.507 e. The number of aromatic nitrogens is 3. The third kappa shape index (κ3) is 6.33. The fourth-order valence-corrected chi connectivity index (χ4v) is 5.80. The molecule has 1 saturated carbocycles. The van der Waals surface area contributed by atoms with E-state index in [1.165, 1.54) is 23.6 Å². The van der Waals surface area contributed by atoms with Crippen molar-refractivity contribution in [2.24, 2.45) is 5.92 Å². The highest BCUT2D eigenvalue weighted by Gasteiger charge is 2.21. The molecule has 1 fully saturated rings. The van der Waals surface area contributed by atoms with E-state index >= 15 is 0 Å². The zero-order chi connectivity index (χ0) is 28.9. The number of aromatic hydroxyl groups is 1. The summed E-state index contributed by atoms with van der Waals surface area (Å²) in [5.41, 5.74) is 1.39. The number of hydrogen-bond acceptors (Lipinski definition) is 6. The molecule has 5 aromatic rings. The number of fused-ring (bicyclic) bond motifs is 2. The molecule has 4 aromatic carbocycles. The molecule has 1 aromatic heterocycles. The summed E-state index contributed by atoms with van der Waals surface area (Å²) in [7, 11) is 0. The van der Waals surface area contributed by atoms with Crippen LogP contribution in [0.2, 0.25) is 0 Å². The second kappa shape index (κ2) is 12.8. The van der Waals surface area contributed by atoms with Crippen molar-refractivity contribution in [3.8, 4) is 40.3 Å². The molecule has 0 spiro atoms. The smallest absolute Gasteiger partial charge is 0.320 e. The molecule has 1 aliphatic carbocycles. The number of phenols is 1. The van der Waals surface area contributed by atoms with Crippen LogP contribution in [-0.2, 0) is 0 Å². The molecule has 1 unspecified atom stereocenters. The van der Waals surface area contributed by atoms with Crippen molar-refractivity contribution < 1.29 is 14.6 Å². The maximum atomic E-state index is 11.1. The Morgan fingerprint density at radius 1 is 0.810 bits per heavy atom. The molecule has 6 heteroatoms. The van der Waals surface area contributed by atoms with Crippen molar-refractivity contribution in [1.82, 2.24) is 15.0 Å². The summed E-state index contributed by atoms with van der Waals surface area (Å²) in [6.07, 6.45) is 8.99. The maximum absolute atomic E-state index is 11.1. The van der Waals surface area contributed by atoms with Gasteiger partial charge in [-0.3, -0.25) is 0 Å². The Morgan fingerprint density at radius 2 is 1.55 bits per heavy atom. The summed E-state index contributed by atoms with van der Waals surface area (Å²) in [6, 6.07) is 24.7. The van der Waals surface area contributed by atoms with Gasteiger partial charge in [0.05, 0.1) is 12.2 Å². The van der Waals surface area contributed by atoms with Crippen molar-refractivity contribution >= 4 is 21.5 Å². The molecule has 1 N–H and O–H groups in total. The zero-order valence-electron chi connectivity index (χ0n) is 24.6. The van der Waals surface area contributed by atoms with Crippen LogP contribution in [0.4, 0.5) is 0 Å². The summed E-state index contributed by atoms with van der Waals surface area (Å²) in [5, 5.41) is 15.7. The zero-order valence-corrected chi connectivity index (χ0v) is 24.6. The Kier molecular flexibility index (Phi) is 8.50. The minimum Gasteiger partial charge on any atom is -0.507 e.